The quantitative estimate of drug-likeness (QED) is 0.370. The molecule has 0 radical (unpaired) electrons. The van der Waals surface area contributed by atoms with Crippen molar-refractivity contribution in [1.29, 1.82) is 0 Å². The van der Waals surface area contributed by atoms with Gasteiger partial charge in [-0.05, 0) is 53.7 Å². The monoisotopic (exact) mass is 548 g/mol. The number of alkyl halides is 2. The number of aliphatic imine (C=N–C) groups is 2. The van der Waals surface area contributed by atoms with Crippen LogP contribution in [0.3, 0.4) is 0 Å². The molecule has 188 valence electrons. The third-order valence-electron chi connectivity index (χ3n) is 4.48. The van der Waals surface area contributed by atoms with Crippen LogP contribution in [0.1, 0.15) is 57.6 Å². The number of rotatable bonds is 2. The first-order valence-corrected chi connectivity index (χ1v) is 12.0. The number of halogens is 4. The molecule has 4 rings (SSSR count). The summed E-state index contributed by atoms with van der Waals surface area (Å²) in [6, 6.07) is 3.67. The van der Waals surface area contributed by atoms with E-state index in [0.29, 0.717) is 35.1 Å². The molecule has 0 saturated heterocycles. The molecule has 0 unspecified atom stereocenters. The molecule has 2 aliphatic heterocycles. The third-order valence-corrected chi connectivity index (χ3v) is 5.24. The lowest BCUT2D eigenvalue weighted by atomic mass is 10.1. The first-order chi connectivity index (χ1) is 15.4. The molecule has 2 aromatic rings. The lowest BCUT2D eigenvalue weighted by Crippen LogP contribution is -2.17. The van der Waals surface area contributed by atoms with E-state index >= 15 is 0 Å². The van der Waals surface area contributed by atoms with Crippen LogP contribution in [-0.2, 0) is 9.47 Å². The summed E-state index contributed by atoms with van der Waals surface area (Å²) in [5, 5.41) is 1.48. The first-order valence-electron chi connectivity index (χ1n) is 10.2. The van der Waals surface area contributed by atoms with Crippen molar-refractivity contribution in [2.24, 2.45) is 9.98 Å². The molecule has 0 saturated carbocycles. The molecule has 0 N–H and O–H groups in total. The molecule has 4 heterocycles. The second-order valence-electron chi connectivity index (χ2n) is 8.72. The molecule has 0 spiro atoms. The van der Waals surface area contributed by atoms with Crippen molar-refractivity contribution < 1.29 is 9.47 Å². The Labute approximate surface area is 222 Å². The van der Waals surface area contributed by atoms with E-state index < -0.39 is 0 Å². The maximum atomic E-state index is 5.99. The standard InChI is InChI=1S/2C11H13ClN2O.CH2Cl2.CH4/c2*1-7-9(12)4-8(5-13-7)10-14-11(2,3)6-15-10;2-1-3;/h2*4-5H,6H2,1-3H3;1H2;1H4. The molecule has 0 aliphatic carbocycles. The Kier molecular flexibility index (Phi) is 11.6. The first kappa shape index (κ1) is 30.4. The van der Waals surface area contributed by atoms with Gasteiger partial charge >= 0.3 is 0 Å². The van der Waals surface area contributed by atoms with Crippen LogP contribution >= 0.6 is 46.4 Å². The highest BCUT2D eigenvalue weighted by molar-refractivity contribution is 6.40. The van der Waals surface area contributed by atoms with E-state index in [1.165, 1.54) is 0 Å². The Bertz CT molecular complexity index is 958. The van der Waals surface area contributed by atoms with Gasteiger partial charge < -0.3 is 9.47 Å². The zero-order chi connectivity index (χ0) is 24.8. The molecule has 10 heteroatoms. The molecule has 0 amide bonds. The van der Waals surface area contributed by atoms with Crippen molar-refractivity contribution in [3.05, 3.63) is 57.1 Å². The van der Waals surface area contributed by atoms with Crippen LogP contribution in [-0.4, -0.2) is 51.4 Å². The fraction of sp³-hybridized carbons (Fsp3) is 0.500. The van der Waals surface area contributed by atoms with Crippen LogP contribution in [0.2, 0.25) is 10.0 Å². The van der Waals surface area contributed by atoms with Crippen molar-refractivity contribution in [2.45, 2.75) is 60.0 Å². The Morgan fingerprint density at radius 2 is 1.09 bits per heavy atom. The normalized spacial score (nSPS) is 16.9. The summed E-state index contributed by atoms with van der Waals surface area (Å²) in [6.45, 7) is 13.1. The predicted molar refractivity (Wildman–Crippen MR) is 144 cm³/mol. The average Bonchev–Trinajstić information content (AvgIpc) is 3.28. The smallest absolute Gasteiger partial charge is 0.218 e. The SMILES string of the molecule is C.Cc1ncc(C2=NC(C)(C)CO2)cc1Cl.Cc1ncc(C2=NC(C)(C)CO2)cc1Cl.ClCCl. The van der Waals surface area contributed by atoms with Gasteiger partial charge in [0.25, 0.3) is 0 Å². The van der Waals surface area contributed by atoms with Gasteiger partial charge in [-0.3, -0.25) is 9.97 Å². The molecule has 6 nitrogen and oxygen atoms in total. The van der Waals surface area contributed by atoms with Gasteiger partial charge in [-0.1, -0.05) is 30.6 Å². The number of hydrogen-bond acceptors (Lipinski definition) is 6. The third kappa shape index (κ3) is 8.88. The lowest BCUT2D eigenvalue weighted by Gasteiger charge is -2.07. The number of nitrogens with zero attached hydrogens (tertiary/aromatic N) is 4. The minimum absolute atomic E-state index is 0. The van der Waals surface area contributed by atoms with Crippen molar-refractivity contribution >= 4 is 58.2 Å². The van der Waals surface area contributed by atoms with Gasteiger partial charge in [0.1, 0.15) is 13.2 Å². The summed E-state index contributed by atoms with van der Waals surface area (Å²) >= 11 is 21.5. The number of ether oxygens (including phenoxy) is 2. The van der Waals surface area contributed by atoms with Crippen LogP contribution in [0.25, 0.3) is 0 Å². The Hall–Kier alpha value is -1.60. The molecule has 34 heavy (non-hydrogen) atoms. The van der Waals surface area contributed by atoms with E-state index in [1.54, 1.807) is 12.4 Å². The molecule has 2 aliphatic rings. The van der Waals surface area contributed by atoms with Crippen LogP contribution in [0.4, 0.5) is 0 Å². The Morgan fingerprint density at radius 1 is 0.765 bits per heavy atom. The largest absolute Gasteiger partial charge is 0.475 e. The van der Waals surface area contributed by atoms with E-state index in [1.807, 2.05) is 53.7 Å². The molecule has 2 aromatic heterocycles. The Balaban J connectivity index is 0.000000297. The number of aromatic nitrogens is 2. The second-order valence-corrected chi connectivity index (χ2v) is 10.3. The summed E-state index contributed by atoms with van der Waals surface area (Å²) in [6.07, 6.45) is 3.48. The van der Waals surface area contributed by atoms with Gasteiger partial charge in [-0.15, -0.1) is 23.2 Å². The molecule has 0 atom stereocenters. The maximum Gasteiger partial charge on any atom is 0.218 e. The predicted octanol–water partition coefficient (Wildman–Crippen LogP) is 7.26. The van der Waals surface area contributed by atoms with E-state index in [-0.39, 0.29) is 23.8 Å². The zero-order valence-electron chi connectivity index (χ0n) is 19.5. The van der Waals surface area contributed by atoms with Crippen molar-refractivity contribution in [3.8, 4) is 0 Å². The van der Waals surface area contributed by atoms with Crippen LogP contribution in [0, 0.1) is 13.8 Å². The molecular weight excluding hydrogens is 518 g/mol. The van der Waals surface area contributed by atoms with E-state index in [0.717, 1.165) is 22.5 Å². The van der Waals surface area contributed by atoms with E-state index in [2.05, 4.69) is 20.0 Å². The van der Waals surface area contributed by atoms with E-state index in [9.17, 15) is 0 Å². The molecule has 0 bridgehead atoms. The van der Waals surface area contributed by atoms with Crippen molar-refractivity contribution in [2.75, 3.05) is 18.6 Å². The van der Waals surface area contributed by atoms with Gasteiger partial charge in [-0.2, -0.15) is 0 Å². The van der Waals surface area contributed by atoms with Gasteiger partial charge in [0, 0.05) is 12.4 Å². The van der Waals surface area contributed by atoms with Gasteiger partial charge in [-0.25, -0.2) is 9.98 Å². The number of aryl methyl sites for hydroxylation is 2. The minimum Gasteiger partial charge on any atom is -0.475 e. The fourth-order valence-corrected chi connectivity index (χ4v) is 3.04. The minimum atomic E-state index is -0.146. The summed E-state index contributed by atoms with van der Waals surface area (Å²) in [5.74, 6) is 1.27. The summed E-state index contributed by atoms with van der Waals surface area (Å²) in [4.78, 5) is 17.3. The summed E-state index contributed by atoms with van der Waals surface area (Å²) in [7, 11) is 0. The zero-order valence-corrected chi connectivity index (χ0v) is 22.6. The number of hydrogen-bond donors (Lipinski definition) is 0. The molecule has 0 aromatic carbocycles. The average molecular weight is 550 g/mol. The highest BCUT2D eigenvalue weighted by atomic mass is 35.5. The fourth-order valence-electron chi connectivity index (χ4n) is 2.71. The van der Waals surface area contributed by atoms with Gasteiger partial charge in [0.15, 0.2) is 0 Å². The second kappa shape index (κ2) is 12.9. The van der Waals surface area contributed by atoms with Gasteiger partial charge in [0.2, 0.25) is 11.8 Å². The van der Waals surface area contributed by atoms with E-state index in [4.69, 9.17) is 55.9 Å². The Morgan fingerprint density at radius 3 is 1.32 bits per heavy atom. The highest BCUT2D eigenvalue weighted by Crippen LogP contribution is 2.23. The van der Waals surface area contributed by atoms with Crippen LogP contribution in [0.5, 0.6) is 0 Å². The maximum absolute atomic E-state index is 5.99. The van der Waals surface area contributed by atoms with Crippen molar-refractivity contribution in [3.63, 3.8) is 0 Å². The van der Waals surface area contributed by atoms with Crippen molar-refractivity contribution in [1.82, 2.24) is 9.97 Å². The highest BCUT2D eigenvalue weighted by Gasteiger charge is 2.28. The van der Waals surface area contributed by atoms with Crippen LogP contribution < -0.4 is 0 Å². The lowest BCUT2D eigenvalue weighted by molar-refractivity contribution is 0.279. The summed E-state index contributed by atoms with van der Waals surface area (Å²) in [5.41, 5.74) is 3.03. The molecular formula is C24H32Cl4N4O2. The van der Waals surface area contributed by atoms with Crippen LogP contribution in [0.15, 0.2) is 34.5 Å². The number of pyridine rings is 2. The summed E-state index contributed by atoms with van der Waals surface area (Å²) < 4.78 is 11.0. The topological polar surface area (TPSA) is 69.0 Å². The molecule has 0 fully saturated rings. The van der Waals surface area contributed by atoms with Gasteiger partial charge in [0.05, 0.1) is 49.0 Å².